The second-order valence-corrected chi connectivity index (χ2v) is 10.4. The van der Waals surface area contributed by atoms with Crippen molar-refractivity contribution in [1.29, 1.82) is 0 Å². The lowest BCUT2D eigenvalue weighted by Gasteiger charge is -2.41. The van der Waals surface area contributed by atoms with Crippen LogP contribution in [-0.4, -0.2) is 36.1 Å². The van der Waals surface area contributed by atoms with Crippen LogP contribution in [0.25, 0.3) is 11.0 Å². The third kappa shape index (κ3) is 5.79. The third-order valence-corrected chi connectivity index (χ3v) is 7.14. The lowest BCUT2D eigenvalue weighted by Crippen LogP contribution is -2.49. The van der Waals surface area contributed by atoms with Crippen molar-refractivity contribution >= 4 is 22.6 Å². The number of hydrogen-bond acceptors (Lipinski definition) is 8. The molecule has 5 rings (SSSR count). The predicted molar refractivity (Wildman–Crippen MR) is 149 cm³/mol. The Labute approximate surface area is 239 Å². The van der Waals surface area contributed by atoms with E-state index in [9.17, 15) is 23.5 Å². The first-order chi connectivity index (χ1) is 20.0. The molecule has 1 aromatic heterocycles. The summed E-state index contributed by atoms with van der Waals surface area (Å²) in [5.41, 5.74) is -1.61. The lowest BCUT2D eigenvalue weighted by molar-refractivity contribution is -0.233. The van der Waals surface area contributed by atoms with Crippen molar-refractivity contribution in [1.82, 2.24) is 0 Å². The Bertz CT molecular complexity index is 1700. The molecule has 1 aliphatic heterocycles. The number of aryl methyl sites for hydroxylation is 1. The zero-order valence-corrected chi connectivity index (χ0v) is 23.3. The van der Waals surface area contributed by atoms with Gasteiger partial charge >= 0.3 is 5.63 Å². The molecule has 4 aromatic rings. The number of methoxy groups -OCH3 is 1. The number of rotatable bonds is 7. The second-order valence-electron chi connectivity index (χ2n) is 10.4. The van der Waals surface area contributed by atoms with Gasteiger partial charge in [-0.3, -0.25) is 4.79 Å². The van der Waals surface area contributed by atoms with Gasteiger partial charge in [-0.15, -0.1) is 0 Å². The zero-order chi connectivity index (χ0) is 30.2. The zero-order valence-electron chi connectivity index (χ0n) is 23.3. The van der Waals surface area contributed by atoms with Crippen LogP contribution >= 0.6 is 0 Å². The molecule has 2 unspecified atom stereocenters. The highest BCUT2D eigenvalue weighted by atomic mass is 19.1. The van der Waals surface area contributed by atoms with Crippen LogP contribution in [0, 0.1) is 18.6 Å². The van der Waals surface area contributed by atoms with Crippen molar-refractivity contribution in [3.05, 3.63) is 87.8 Å². The molecule has 2 heterocycles. The fourth-order valence-corrected chi connectivity index (χ4v) is 4.88. The Morgan fingerprint density at radius 3 is 2.48 bits per heavy atom. The maximum absolute atomic E-state index is 14.4. The number of benzene rings is 3. The van der Waals surface area contributed by atoms with Crippen LogP contribution in [0.2, 0.25) is 0 Å². The van der Waals surface area contributed by atoms with E-state index in [1.54, 1.807) is 20.1 Å². The summed E-state index contributed by atoms with van der Waals surface area (Å²) >= 11 is 0. The molecule has 1 fully saturated rings. The summed E-state index contributed by atoms with van der Waals surface area (Å²) in [5.74, 6) is -2.34. The molecule has 1 saturated heterocycles. The van der Waals surface area contributed by atoms with Crippen molar-refractivity contribution in [3.63, 3.8) is 0 Å². The summed E-state index contributed by atoms with van der Waals surface area (Å²) < 4.78 is 56.1. The summed E-state index contributed by atoms with van der Waals surface area (Å²) in [6.07, 6.45) is 0.671. The summed E-state index contributed by atoms with van der Waals surface area (Å²) in [6.45, 7) is 5.51. The molecule has 0 bridgehead atoms. The lowest BCUT2D eigenvalue weighted by atomic mass is 9.94. The Balaban J connectivity index is 1.37. The number of ether oxygens (including phenoxy) is 4. The van der Waals surface area contributed by atoms with Gasteiger partial charge in [0.2, 0.25) is 6.29 Å². The Morgan fingerprint density at radius 2 is 1.79 bits per heavy atom. The van der Waals surface area contributed by atoms with Crippen LogP contribution < -0.4 is 20.4 Å². The SMILES string of the molecule is COC1CCC(Oc2ccc3c(O)c(NC(=O)c4ccc(F)c(Oc5ccc(F)cc5)c4)c(=O)oc3c2C)OC1(C)C. The van der Waals surface area contributed by atoms with Gasteiger partial charge in [0.25, 0.3) is 5.91 Å². The molecule has 3 aromatic carbocycles. The number of amides is 1. The van der Waals surface area contributed by atoms with Gasteiger partial charge in [-0.25, -0.2) is 13.6 Å². The van der Waals surface area contributed by atoms with Gasteiger partial charge in [0.15, 0.2) is 23.0 Å². The molecule has 0 spiro atoms. The molecule has 0 aliphatic carbocycles. The Hall–Kier alpha value is -4.48. The van der Waals surface area contributed by atoms with Gasteiger partial charge in [-0.2, -0.15) is 0 Å². The normalized spacial score (nSPS) is 18.0. The molecular formula is C31H29F2NO8. The summed E-state index contributed by atoms with van der Waals surface area (Å²) in [7, 11) is 1.64. The van der Waals surface area contributed by atoms with E-state index < -0.39 is 46.5 Å². The number of halogens is 2. The molecule has 1 aliphatic rings. The summed E-state index contributed by atoms with van der Waals surface area (Å²) in [6, 6.07) is 11.3. The van der Waals surface area contributed by atoms with E-state index in [1.807, 2.05) is 13.8 Å². The van der Waals surface area contributed by atoms with Crippen LogP contribution in [0.5, 0.6) is 23.0 Å². The highest BCUT2D eigenvalue weighted by molar-refractivity contribution is 6.06. The molecule has 0 radical (unpaired) electrons. The van der Waals surface area contributed by atoms with Gasteiger partial charge in [0.1, 0.15) is 22.9 Å². The average molecular weight is 582 g/mol. The molecular weight excluding hydrogens is 552 g/mol. The van der Waals surface area contributed by atoms with Gasteiger partial charge in [0, 0.05) is 24.7 Å². The van der Waals surface area contributed by atoms with Crippen molar-refractivity contribution < 1.29 is 42.0 Å². The van der Waals surface area contributed by atoms with Gasteiger partial charge in [0.05, 0.1) is 17.1 Å². The van der Waals surface area contributed by atoms with E-state index in [1.165, 1.54) is 24.3 Å². The van der Waals surface area contributed by atoms with E-state index in [2.05, 4.69) is 5.32 Å². The minimum atomic E-state index is -1.00. The van der Waals surface area contributed by atoms with E-state index in [-0.39, 0.29) is 34.1 Å². The van der Waals surface area contributed by atoms with Gasteiger partial charge in [-0.1, -0.05) is 0 Å². The number of carbonyl (C=O) groups is 1. The second kappa shape index (κ2) is 11.4. The summed E-state index contributed by atoms with van der Waals surface area (Å²) in [4.78, 5) is 25.9. The fourth-order valence-electron chi connectivity index (χ4n) is 4.88. The topological polar surface area (TPSA) is 116 Å². The fraction of sp³-hybridized carbons (Fsp3) is 0.290. The predicted octanol–water partition coefficient (Wildman–Crippen LogP) is 6.44. The van der Waals surface area contributed by atoms with E-state index in [0.29, 0.717) is 17.7 Å². The standard InChI is InChI=1S/C31H29F2NO8/c1-16-22(40-25-14-13-24(38-4)31(2,3)42-25)12-10-20-27(35)26(30(37)41-28(16)20)34-29(36)17-5-11-21(33)23(15-17)39-19-8-6-18(32)7-9-19/h5-12,15,24-25,35H,13-14H2,1-4H3,(H,34,36). The van der Waals surface area contributed by atoms with Crippen LogP contribution in [0.3, 0.4) is 0 Å². The Morgan fingerprint density at radius 1 is 1.05 bits per heavy atom. The minimum absolute atomic E-state index is 0.0709. The number of hydrogen-bond donors (Lipinski definition) is 2. The average Bonchev–Trinajstić information content (AvgIpc) is 2.94. The van der Waals surface area contributed by atoms with E-state index >= 15 is 0 Å². The van der Waals surface area contributed by atoms with Crippen LogP contribution in [0.1, 0.15) is 42.6 Å². The Kier molecular flexibility index (Phi) is 7.89. The number of fused-ring (bicyclic) bond motifs is 1. The molecule has 42 heavy (non-hydrogen) atoms. The quantitative estimate of drug-likeness (QED) is 0.240. The molecule has 2 atom stereocenters. The largest absolute Gasteiger partial charge is 0.505 e. The molecule has 2 N–H and O–H groups in total. The van der Waals surface area contributed by atoms with Crippen molar-refractivity contribution in [3.8, 4) is 23.0 Å². The number of aromatic hydroxyl groups is 1. The molecule has 9 nitrogen and oxygen atoms in total. The first kappa shape index (κ1) is 29.0. The van der Waals surface area contributed by atoms with Crippen molar-refractivity contribution in [2.45, 2.75) is 51.6 Å². The first-order valence-electron chi connectivity index (χ1n) is 13.2. The van der Waals surface area contributed by atoms with Crippen LogP contribution in [0.15, 0.2) is 63.8 Å². The van der Waals surface area contributed by atoms with E-state index in [0.717, 1.165) is 30.7 Å². The van der Waals surface area contributed by atoms with Gasteiger partial charge in [-0.05, 0) is 81.8 Å². The first-order valence-corrected chi connectivity index (χ1v) is 13.2. The van der Waals surface area contributed by atoms with Crippen molar-refractivity contribution in [2.24, 2.45) is 0 Å². The molecule has 0 saturated carbocycles. The van der Waals surface area contributed by atoms with Crippen molar-refractivity contribution in [2.75, 3.05) is 12.4 Å². The smallest absolute Gasteiger partial charge is 0.364 e. The molecule has 11 heteroatoms. The van der Waals surface area contributed by atoms with Gasteiger partial charge < -0.3 is 33.8 Å². The minimum Gasteiger partial charge on any atom is -0.505 e. The highest BCUT2D eigenvalue weighted by Crippen LogP contribution is 2.38. The number of nitrogens with one attached hydrogen (secondary N) is 1. The highest BCUT2D eigenvalue weighted by Gasteiger charge is 2.39. The maximum Gasteiger partial charge on any atom is 0.364 e. The monoisotopic (exact) mass is 581 g/mol. The molecule has 1 amide bonds. The molecule has 220 valence electrons. The van der Waals surface area contributed by atoms with Crippen LogP contribution in [-0.2, 0) is 9.47 Å². The number of anilines is 1. The number of carbonyl (C=O) groups excluding carboxylic acids is 1. The van der Waals surface area contributed by atoms with Crippen LogP contribution in [0.4, 0.5) is 14.5 Å². The van der Waals surface area contributed by atoms with E-state index in [4.69, 9.17) is 23.4 Å². The third-order valence-electron chi connectivity index (χ3n) is 7.14. The summed E-state index contributed by atoms with van der Waals surface area (Å²) in [5, 5.41) is 13.4. The maximum atomic E-state index is 14.4.